The molecular weight excluding hydrogens is 244 g/mol. The van der Waals surface area contributed by atoms with Gasteiger partial charge in [0.1, 0.15) is 0 Å². The fourth-order valence-corrected chi connectivity index (χ4v) is 2.42. The van der Waals surface area contributed by atoms with Crippen LogP contribution in [0.4, 0.5) is 5.69 Å². The summed E-state index contributed by atoms with van der Waals surface area (Å²) in [5, 5.41) is 3.16. The Hall–Kier alpha value is -1.80. The first-order valence-electron chi connectivity index (χ1n) is 7.16. The Bertz CT molecular complexity index is 588. The summed E-state index contributed by atoms with van der Waals surface area (Å²) in [5.74, 6) is 0.519. The molecule has 2 aromatic rings. The molecule has 1 atom stereocenters. The highest BCUT2D eigenvalue weighted by molar-refractivity contribution is 5.48. The minimum absolute atomic E-state index is 0.0815. The molecule has 0 fully saturated rings. The summed E-state index contributed by atoms with van der Waals surface area (Å²) >= 11 is 0. The van der Waals surface area contributed by atoms with Crippen LogP contribution in [-0.2, 0) is 0 Å². The maximum Gasteiger partial charge on any atom is 0.0555 e. The molecule has 0 aromatic heterocycles. The molecule has 106 valence electrons. The van der Waals surface area contributed by atoms with Gasteiger partial charge >= 0.3 is 0 Å². The number of nitrogens with two attached hydrogens (primary N) is 1. The smallest absolute Gasteiger partial charge is 0.0555 e. The van der Waals surface area contributed by atoms with Gasteiger partial charge in [0, 0.05) is 12.7 Å². The third kappa shape index (κ3) is 3.02. The summed E-state index contributed by atoms with van der Waals surface area (Å²) in [6, 6.07) is 14.8. The predicted molar refractivity (Wildman–Crippen MR) is 87.3 cm³/mol. The molecule has 0 aliphatic rings. The molecule has 2 heteroatoms. The maximum atomic E-state index is 6.48. The molecule has 1 unspecified atom stereocenters. The van der Waals surface area contributed by atoms with Crippen molar-refractivity contribution in [2.45, 2.75) is 32.7 Å². The molecule has 2 rings (SSSR count). The van der Waals surface area contributed by atoms with Gasteiger partial charge in [-0.1, -0.05) is 44.2 Å². The zero-order chi connectivity index (χ0) is 14.7. The quantitative estimate of drug-likeness (QED) is 0.871. The van der Waals surface area contributed by atoms with Crippen LogP contribution in [0, 0.1) is 6.92 Å². The van der Waals surface area contributed by atoms with Gasteiger partial charge in [-0.3, -0.25) is 0 Å². The molecule has 3 N–H and O–H groups in total. The molecule has 0 radical (unpaired) electrons. The van der Waals surface area contributed by atoms with E-state index in [9.17, 15) is 0 Å². The minimum atomic E-state index is -0.0815. The van der Waals surface area contributed by atoms with Crippen molar-refractivity contribution in [1.82, 2.24) is 0 Å². The lowest BCUT2D eigenvalue weighted by Crippen LogP contribution is -2.14. The van der Waals surface area contributed by atoms with Gasteiger partial charge in [0.2, 0.25) is 0 Å². The van der Waals surface area contributed by atoms with Crippen LogP contribution in [0.5, 0.6) is 0 Å². The van der Waals surface area contributed by atoms with E-state index in [-0.39, 0.29) is 6.04 Å². The van der Waals surface area contributed by atoms with Crippen molar-refractivity contribution in [3.8, 4) is 0 Å². The average molecular weight is 268 g/mol. The molecule has 0 saturated heterocycles. The molecule has 0 saturated carbocycles. The van der Waals surface area contributed by atoms with Crippen molar-refractivity contribution in [3.63, 3.8) is 0 Å². The fraction of sp³-hybridized carbons (Fsp3) is 0.333. The normalized spacial score (nSPS) is 12.5. The third-order valence-electron chi connectivity index (χ3n) is 3.84. The van der Waals surface area contributed by atoms with E-state index in [4.69, 9.17) is 5.73 Å². The van der Waals surface area contributed by atoms with E-state index in [0.717, 1.165) is 11.3 Å². The monoisotopic (exact) mass is 268 g/mol. The van der Waals surface area contributed by atoms with Gasteiger partial charge in [0.15, 0.2) is 0 Å². The van der Waals surface area contributed by atoms with E-state index < -0.39 is 0 Å². The van der Waals surface area contributed by atoms with E-state index >= 15 is 0 Å². The van der Waals surface area contributed by atoms with E-state index in [1.807, 2.05) is 19.2 Å². The van der Waals surface area contributed by atoms with Crippen LogP contribution in [0.1, 0.15) is 48.1 Å². The summed E-state index contributed by atoms with van der Waals surface area (Å²) in [4.78, 5) is 0. The molecule has 0 aliphatic carbocycles. The molecule has 0 aliphatic heterocycles. The second-order valence-electron chi connectivity index (χ2n) is 5.62. The molecule has 0 spiro atoms. The first kappa shape index (κ1) is 14.6. The van der Waals surface area contributed by atoms with Gasteiger partial charge in [-0.2, -0.15) is 0 Å². The van der Waals surface area contributed by atoms with Gasteiger partial charge in [-0.25, -0.2) is 0 Å². The summed E-state index contributed by atoms with van der Waals surface area (Å²) in [6.07, 6.45) is 0. The number of rotatable bonds is 4. The number of anilines is 1. The van der Waals surface area contributed by atoms with Crippen LogP contribution in [0.15, 0.2) is 42.5 Å². The summed E-state index contributed by atoms with van der Waals surface area (Å²) < 4.78 is 0. The first-order valence-corrected chi connectivity index (χ1v) is 7.16. The summed E-state index contributed by atoms with van der Waals surface area (Å²) in [6.45, 7) is 6.55. The number of benzene rings is 2. The van der Waals surface area contributed by atoms with Gasteiger partial charge in [-0.15, -0.1) is 0 Å². The lowest BCUT2D eigenvalue weighted by Gasteiger charge is -2.18. The van der Waals surface area contributed by atoms with Crippen LogP contribution in [-0.4, -0.2) is 7.05 Å². The van der Waals surface area contributed by atoms with E-state index in [2.05, 4.69) is 56.4 Å². The Morgan fingerprint density at radius 3 is 2.40 bits per heavy atom. The number of aryl methyl sites for hydroxylation is 1. The number of hydrogen-bond acceptors (Lipinski definition) is 2. The van der Waals surface area contributed by atoms with Crippen LogP contribution >= 0.6 is 0 Å². The second-order valence-corrected chi connectivity index (χ2v) is 5.62. The lowest BCUT2D eigenvalue weighted by molar-refractivity contribution is 0.830. The lowest BCUT2D eigenvalue weighted by atomic mass is 9.91. The van der Waals surface area contributed by atoms with E-state index in [0.29, 0.717) is 5.92 Å². The highest BCUT2D eigenvalue weighted by Crippen LogP contribution is 2.27. The van der Waals surface area contributed by atoms with Gasteiger partial charge < -0.3 is 11.1 Å². The highest BCUT2D eigenvalue weighted by atomic mass is 14.8. The van der Waals surface area contributed by atoms with Crippen molar-refractivity contribution < 1.29 is 0 Å². The minimum Gasteiger partial charge on any atom is -0.388 e. The van der Waals surface area contributed by atoms with Crippen LogP contribution in [0.25, 0.3) is 0 Å². The van der Waals surface area contributed by atoms with E-state index in [1.165, 1.54) is 16.7 Å². The topological polar surface area (TPSA) is 38.0 Å². The third-order valence-corrected chi connectivity index (χ3v) is 3.84. The number of nitrogens with one attached hydrogen (secondary N) is 1. The molecule has 0 heterocycles. The molecule has 0 amide bonds. The molecule has 2 nitrogen and oxygen atoms in total. The molecule has 2 aromatic carbocycles. The second kappa shape index (κ2) is 6.10. The number of hydrogen-bond donors (Lipinski definition) is 2. The molecule has 20 heavy (non-hydrogen) atoms. The summed E-state index contributed by atoms with van der Waals surface area (Å²) in [5.41, 5.74) is 12.5. The molecular formula is C18H24N2. The Morgan fingerprint density at radius 2 is 1.75 bits per heavy atom. The van der Waals surface area contributed by atoms with Crippen molar-refractivity contribution in [2.75, 3.05) is 12.4 Å². The van der Waals surface area contributed by atoms with Crippen molar-refractivity contribution >= 4 is 5.69 Å². The van der Waals surface area contributed by atoms with Crippen molar-refractivity contribution in [2.24, 2.45) is 5.73 Å². The SMILES string of the molecule is CNc1cccc(C(N)c2cc(C(C)C)ccc2C)c1. The van der Waals surface area contributed by atoms with Gasteiger partial charge in [-0.05, 0) is 47.2 Å². The van der Waals surface area contributed by atoms with E-state index in [1.54, 1.807) is 0 Å². The maximum absolute atomic E-state index is 6.48. The average Bonchev–Trinajstić information content (AvgIpc) is 2.46. The summed E-state index contributed by atoms with van der Waals surface area (Å²) in [7, 11) is 1.93. The van der Waals surface area contributed by atoms with Crippen LogP contribution < -0.4 is 11.1 Å². The Morgan fingerprint density at radius 1 is 1.00 bits per heavy atom. The Labute approximate surface area is 122 Å². The fourth-order valence-electron chi connectivity index (χ4n) is 2.42. The highest BCUT2D eigenvalue weighted by Gasteiger charge is 2.13. The predicted octanol–water partition coefficient (Wildman–Crippen LogP) is 4.21. The zero-order valence-corrected chi connectivity index (χ0v) is 12.8. The van der Waals surface area contributed by atoms with Gasteiger partial charge in [0.05, 0.1) is 6.04 Å². The standard InChI is InChI=1S/C18H24N2/c1-12(2)14-9-8-13(3)17(11-14)18(19)15-6-5-7-16(10-15)20-4/h5-12,18,20H,19H2,1-4H3. The Kier molecular flexibility index (Phi) is 4.46. The van der Waals surface area contributed by atoms with Crippen LogP contribution in [0.2, 0.25) is 0 Å². The van der Waals surface area contributed by atoms with Gasteiger partial charge in [0.25, 0.3) is 0 Å². The first-order chi connectivity index (χ1) is 9.52. The largest absolute Gasteiger partial charge is 0.388 e. The zero-order valence-electron chi connectivity index (χ0n) is 12.8. The van der Waals surface area contributed by atoms with Crippen molar-refractivity contribution in [3.05, 3.63) is 64.7 Å². The Balaban J connectivity index is 2.41. The van der Waals surface area contributed by atoms with Crippen LogP contribution in [0.3, 0.4) is 0 Å². The van der Waals surface area contributed by atoms with Crippen molar-refractivity contribution in [1.29, 1.82) is 0 Å². The molecule has 0 bridgehead atoms.